The average Bonchev–Trinajstić information content (AvgIpc) is 2.71. The van der Waals surface area contributed by atoms with Crippen molar-refractivity contribution in [2.45, 2.75) is 20.8 Å². The fourth-order valence-corrected chi connectivity index (χ4v) is 2.65. The van der Waals surface area contributed by atoms with E-state index in [1.807, 2.05) is 20.8 Å². The van der Waals surface area contributed by atoms with Crippen LogP contribution < -0.4 is 34.3 Å². The number of amides is 2. The Morgan fingerprint density at radius 1 is 0.793 bits per heavy atom. The zero-order valence-corrected chi connectivity index (χ0v) is 17.5. The molecule has 2 rings (SSSR count). The van der Waals surface area contributed by atoms with Gasteiger partial charge in [0, 0.05) is 18.2 Å². The second-order valence-electron chi connectivity index (χ2n) is 5.75. The second-order valence-corrected chi connectivity index (χ2v) is 5.75. The highest BCUT2D eigenvalue weighted by Gasteiger charge is 2.17. The van der Waals surface area contributed by atoms with E-state index in [0.717, 1.165) is 0 Å². The van der Waals surface area contributed by atoms with Gasteiger partial charge in [-0.25, -0.2) is 4.79 Å². The van der Waals surface area contributed by atoms with Gasteiger partial charge in [0.1, 0.15) is 11.5 Å². The molecule has 0 radical (unpaired) electrons. The molecular formula is C21H28N2O6. The third kappa shape index (κ3) is 5.84. The van der Waals surface area contributed by atoms with Crippen LogP contribution >= 0.6 is 0 Å². The van der Waals surface area contributed by atoms with Gasteiger partial charge in [-0.15, -0.1) is 0 Å². The van der Waals surface area contributed by atoms with Crippen molar-refractivity contribution in [3.05, 3.63) is 30.3 Å². The summed E-state index contributed by atoms with van der Waals surface area (Å²) >= 11 is 0. The van der Waals surface area contributed by atoms with Crippen molar-refractivity contribution in [1.29, 1.82) is 0 Å². The van der Waals surface area contributed by atoms with Crippen LogP contribution in [0.2, 0.25) is 0 Å². The summed E-state index contributed by atoms with van der Waals surface area (Å²) in [5.74, 6) is 2.62. The van der Waals surface area contributed by atoms with Gasteiger partial charge < -0.3 is 34.3 Å². The molecule has 0 aliphatic rings. The van der Waals surface area contributed by atoms with Gasteiger partial charge >= 0.3 is 6.03 Å². The van der Waals surface area contributed by atoms with Crippen LogP contribution in [-0.2, 0) is 0 Å². The second kappa shape index (κ2) is 10.9. The molecule has 0 atom stereocenters. The first kappa shape index (κ1) is 22.0. The van der Waals surface area contributed by atoms with E-state index < -0.39 is 6.03 Å². The average molecular weight is 404 g/mol. The fourth-order valence-electron chi connectivity index (χ4n) is 2.65. The molecule has 0 aromatic heterocycles. The first-order valence-electron chi connectivity index (χ1n) is 9.42. The lowest BCUT2D eigenvalue weighted by molar-refractivity contribution is 0.260. The van der Waals surface area contributed by atoms with Crippen LogP contribution in [0.15, 0.2) is 30.3 Å². The van der Waals surface area contributed by atoms with Gasteiger partial charge in [-0.2, -0.15) is 0 Å². The van der Waals surface area contributed by atoms with Gasteiger partial charge in [-0.1, -0.05) is 0 Å². The molecule has 2 aromatic carbocycles. The van der Waals surface area contributed by atoms with Gasteiger partial charge in [0.15, 0.2) is 11.5 Å². The smallest absolute Gasteiger partial charge is 0.323 e. The summed E-state index contributed by atoms with van der Waals surface area (Å²) in [6, 6.07) is 8.07. The lowest BCUT2D eigenvalue weighted by Gasteiger charge is -2.18. The normalized spacial score (nSPS) is 10.1. The van der Waals surface area contributed by atoms with Crippen LogP contribution in [0, 0.1) is 0 Å². The number of nitrogens with one attached hydrogen (secondary N) is 2. The molecule has 0 unspecified atom stereocenters. The molecule has 0 bridgehead atoms. The summed E-state index contributed by atoms with van der Waals surface area (Å²) in [5, 5.41) is 5.55. The number of urea groups is 1. The van der Waals surface area contributed by atoms with E-state index in [4.69, 9.17) is 23.7 Å². The SMILES string of the molecule is CCOc1cc(NC(=O)Nc2ccc(OC)cc2OC)cc(OCC)c1OCC. The molecule has 2 N–H and O–H groups in total. The zero-order valence-electron chi connectivity index (χ0n) is 17.5. The van der Waals surface area contributed by atoms with E-state index in [1.54, 1.807) is 37.4 Å². The van der Waals surface area contributed by atoms with E-state index in [9.17, 15) is 4.79 Å². The number of anilines is 2. The molecule has 2 amide bonds. The van der Waals surface area contributed by atoms with E-state index in [2.05, 4.69) is 10.6 Å². The molecule has 0 fully saturated rings. The summed E-state index contributed by atoms with van der Waals surface area (Å²) in [6.45, 7) is 6.99. The molecule has 0 heterocycles. The largest absolute Gasteiger partial charge is 0.497 e. The number of hydrogen-bond acceptors (Lipinski definition) is 6. The predicted molar refractivity (Wildman–Crippen MR) is 112 cm³/mol. The van der Waals surface area contributed by atoms with Crippen LogP contribution in [0.3, 0.4) is 0 Å². The maximum absolute atomic E-state index is 12.5. The molecule has 29 heavy (non-hydrogen) atoms. The van der Waals surface area contributed by atoms with E-state index >= 15 is 0 Å². The Hall–Kier alpha value is -3.29. The van der Waals surface area contributed by atoms with Crippen molar-refractivity contribution in [2.75, 3.05) is 44.7 Å². The third-order valence-corrected chi connectivity index (χ3v) is 3.82. The Bertz CT molecular complexity index is 798. The zero-order chi connectivity index (χ0) is 21.2. The minimum atomic E-state index is -0.442. The van der Waals surface area contributed by atoms with Crippen molar-refractivity contribution in [1.82, 2.24) is 0 Å². The third-order valence-electron chi connectivity index (χ3n) is 3.82. The number of rotatable bonds is 10. The Kier molecular flexibility index (Phi) is 8.27. The highest BCUT2D eigenvalue weighted by Crippen LogP contribution is 2.41. The van der Waals surface area contributed by atoms with Crippen LogP contribution in [0.4, 0.5) is 16.2 Å². The summed E-state index contributed by atoms with van der Waals surface area (Å²) in [7, 11) is 3.08. The molecule has 0 saturated heterocycles. The minimum Gasteiger partial charge on any atom is -0.497 e. The number of ether oxygens (including phenoxy) is 5. The Morgan fingerprint density at radius 2 is 1.41 bits per heavy atom. The highest BCUT2D eigenvalue weighted by atomic mass is 16.5. The highest BCUT2D eigenvalue weighted by molar-refractivity contribution is 6.01. The first-order valence-corrected chi connectivity index (χ1v) is 9.42. The number of carbonyl (C=O) groups is 1. The number of hydrogen-bond donors (Lipinski definition) is 2. The maximum atomic E-state index is 12.5. The van der Waals surface area contributed by atoms with Gasteiger partial charge in [-0.05, 0) is 32.9 Å². The standard InChI is InChI=1S/C21H28N2O6/c1-6-27-18-11-14(12-19(28-7-2)20(18)29-8-3)22-21(24)23-16-10-9-15(25-4)13-17(16)26-5/h9-13H,6-8H2,1-5H3,(H2,22,23,24). The van der Waals surface area contributed by atoms with E-state index in [0.29, 0.717) is 59.9 Å². The molecule has 8 nitrogen and oxygen atoms in total. The van der Waals surface area contributed by atoms with Crippen LogP contribution in [0.5, 0.6) is 28.7 Å². The molecule has 0 spiro atoms. The molecule has 0 aliphatic heterocycles. The van der Waals surface area contributed by atoms with Crippen LogP contribution in [-0.4, -0.2) is 40.1 Å². The lowest BCUT2D eigenvalue weighted by atomic mass is 10.2. The predicted octanol–water partition coefficient (Wildman–Crippen LogP) is 4.54. The summed E-state index contributed by atoms with van der Waals surface area (Å²) in [4.78, 5) is 12.5. The van der Waals surface area contributed by atoms with E-state index in [-0.39, 0.29) is 0 Å². The number of benzene rings is 2. The molecule has 0 aliphatic carbocycles. The molecule has 158 valence electrons. The molecule has 0 saturated carbocycles. The topological polar surface area (TPSA) is 87.3 Å². The number of methoxy groups -OCH3 is 2. The quantitative estimate of drug-likeness (QED) is 0.604. The van der Waals surface area contributed by atoms with Crippen molar-refractivity contribution in [3.8, 4) is 28.7 Å². The number of carbonyl (C=O) groups excluding carboxylic acids is 1. The Balaban J connectivity index is 2.25. The van der Waals surface area contributed by atoms with Crippen molar-refractivity contribution in [2.24, 2.45) is 0 Å². The summed E-state index contributed by atoms with van der Waals surface area (Å²) in [5.41, 5.74) is 1.01. The Labute approximate surface area is 171 Å². The summed E-state index contributed by atoms with van der Waals surface area (Å²) < 4.78 is 27.5. The summed E-state index contributed by atoms with van der Waals surface area (Å²) in [6.07, 6.45) is 0. The van der Waals surface area contributed by atoms with Crippen molar-refractivity contribution < 1.29 is 28.5 Å². The minimum absolute atomic E-state index is 0.442. The van der Waals surface area contributed by atoms with Gasteiger partial charge in [0.2, 0.25) is 5.75 Å². The van der Waals surface area contributed by atoms with Crippen molar-refractivity contribution >= 4 is 17.4 Å². The van der Waals surface area contributed by atoms with E-state index in [1.165, 1.54) is 7.11 Å². The molecule has 2 aromatic rings. The van der Waals surface area contributed by atoms with Gasteiger partial charge in [0.05, 0.1) is 45.4 Å². The Morgan fingerprint density at radius 3 is 1.93 bits per heavy atom. The maximum Gasteiger partial charge on any atom is 0.323 e. The van der Waals surface area contributed by atoms with Crippen molar-refractivity contribution in [3.63, 3.8) is 0 Å². The lowest BCUT2D eigenvalue weighted by Crippen LogP contribution is -2.20. The molecular weight excluding hydrogens is 376 g/mol. The monoisotopic (exact) mass is 404 g/mol. The van der Waals surface area contributed by atoms with Gasteiger partial charge in [0.25, 0.3) is 0 Å². The molecule has 8 heteroatoms. The fraction of sp³-hybridized carbons (Fsp3) is 0.381. The van der Waals surface area contributed by atoms with Crippen LogP contribution in [0.25, 0.3) is 0 Å². The van der Waals surface area contributed by atoms with Gasteiger partial charge in [-0.3, -0.25) is 0 Å². The van der Waals surface area contributed by atoms with Crippen LogP contribution in [0.1, 0.15) is 20.8 Å². The first-order chi connectivity index (χ1) is 14.1.